The summed E-state index contributed by atoms with van der Waals surface area (Å²) in [5, 5.41) is 0. The number of nitrogens with zero attached hydrogens (tertiary/aromatic N) is 2. The first-order chi connectivity index (χ1) is 7.39. The van der Waals surface area contributed by atoms with Crippen molar-refractivity contribution in [3.05, 3.63) is 22.8 Å². The summed E-state index contributed by atoms with van der Waals surface area (Å²) >= 11 is 0. The summed E-state index contributed by atoms with van der Waals surface area (Å²) < 4.78 is 38.4. The van der Waals surface area contributed by atoms with E-state index in [4.69, 9.17) is 0 Å². The van der Waals surface area contributed by atoms with Crippen molar-refractivity contribution in [3.8, 4) is 0 Å². The molecule has 0 saturated heterocycles. The Labute approximate surface area is 91.9 Å². The first-order valence-corrected chi connectivity index (χ1v) is 5.36. The summed E-state index contributed by atoms with van der Waals surface area (Å²) in [6, 6.07) is 0. The summed E-state index contributed by atoms with van der Waals surface area (Å²) in [5.41, 5.74) is 0.168. The Bertz CT molecular complexity index is 410. The number of fused-ring (bicyclic) bond motifs is 1. The predicted molar refractivity (Wildman–Crippen MR) is 53.1 cm³/mol. The topological polar surface area (TPSA) is 25.8 Å². The van der Waals surface area contributed by atoms with Crippen LogP contribution in [0.5, 0.6) is 0 Å². The maximum atomic E-state index is 12.8. The Kier molecular flexibility index (Phi) is 2.64. The first-order valence-electron chi connectivity index (χ1n) is 5.36. The fourth-order valence-corrected chi connectivity index (χ4v) is 1.94. The van der Waals surface area contributed by atoms with Gasteiger partial charge in [0.1, 0.15) is 5.82 Å². The van der Waals surface area contributed by atoms with Gasteiger partial charge in [-0.25, -0.2) is 9.97 Å². The van der Waals surface area contributed by atoms with Crippen LogP contribution >= 0.6 is 0 Å². The second kappa shape index (κ2) is 3.71. The normalized spacial score (nSPS) is 15.6. The van der Waals surface area contributed by atoms with Crippen molar-refractivity contribution in [2.75, 3.05) is 0 Å². The molecule has 0 radical (unpaired) electrons. The van der Waals surface area contributed by atoms with Crippen molar-refractivity contribution in [1.82, 2.24) is 9.97 Å². The number of halogens is 3. The van der Waals surface area contributed by atoms with Gasteiger partial charge in [-0.05, 0) is 19.3 Å². The van der Waals surface area contributed by atoms with Crippen LogP contribution in [-0.2, 0) is 19.0 Å². The molecule has 0 spiro atoms. The Morgan fingerprint density at radius 1 is 1.12 bits per heavy atom. The molecule has 1 aliphatic rings. The van der Waals surface area contributed by atoms with E-state index in [9.17, 15) is 13.2 Å². The lowest BCUT2D eigenvalue weighted by molar-refractivity contribution is -0.142. The molecular formula is C11H13F3N2. The lowest BCUT2D eigenvalue weighted by atomic mass is 10.1. The van der Waals surface area contributed by atoms with Crippen LogP contribution in [0.25, 0.3) is 0 Å². The van der Waals surface area contributed by atoms with Gasteiger partial charge in [0.2, 0.25) is 0 Å². The minimum absolute atomic E-state index is 0.0769. The van der Waals surface area contributed by atoms with Gasteiger partial charge in [-0.1, -0.05) is 13.8 Å². The van der Waals surface area contributed by atoms with Gasteiger partial charge in [0, 0.05) is 17.2 Å². The van der Waals surface area contributed by atoms with Crippen LogP contribution in [0, 0.1) is 0 Å². The van der Waals surface area contributed by atoms with Crippen molar-refractivity contribution in [2.45, 2.75) is 45.2 Å². The third kappa shape index (κ3) is 1.90. The van der Waals surface area contributed by atoms with E-state index >= 15 is 0 Å². The highest BCUT2D eigenvalue weighted by atomic mass is 19.4. The number of aromatic nitrogens is 2. The number of aryl methyl sites for hydroxylation is 1. The molecule has 2 nitrogen and oxygen atoms in total. The summed E-state index contributed by atoms with van der Waals surface area (Å²) in [6.07, 6.45) is -2.53. The minimum Gasteiger partial charge on any atom is -0.237 e. The van der Waals surface area contributed by atoms with Crippen LogP contribution in [0.4, 0.5) is 13.2 Å². The van der Waals surface area contributed by atoms with Gasteiger partial charge in [0.25, 0.3) is 0 Å². The lowest BCUT2D eigenvalue weighted by Gasteiger charge is -2.13. The SMILES string of the molecule is CC(C)c1nc2c(c(C(F)(F)F)n1)CCC2. The van der Waals surface area contributed by atoms with Crippen LogP contribution < -0.4 is 0 Å². The lowest BCUT2D eigenvalue weighted by Crippen LogP contribution is -2.16. The fourth-order valence-electron chi connectivity index (χ4n) is 1.94. The largest absolute Gasteiger partial charge is 0.433 e. The van der Waals surface area contributed by atoms with E-state index < -0.39 is 11.9 Å². The third-order valence-electron chi connectivity index (χ3n) is 2.74. The molecule has 0 fully saturated rings. The average Bonchev–Trinajstić information content (AvgIpc) is 2.61. The van der Waals surface area contributed by atoms with Crippen molar-refractivity contribution in [2.24, 2.45) is 0 Å². The van der Waals surface area contributed by atoms with E-state index in [1.54, 1.807) is 13.8 Å². The summed E-state index contributed by atoms with van der Waals surface area (Å²) in [7, 11) is 0. The minimum atomic E-state index is -4.36. The molecule has 0 aliphatic heterocycles. The molecule has 1 aromatic rings. The molecule has 1 heterocycles. The molecule has 88 valence electrons. The molecule has 1 aliphatic carbocycles. The van der Waals surface area contributed by atoms with Gasteiger partial charge in [0.05, 0.1) is 0 Å². The van der Waals surface area contributed by atoms with E-state index in [0.29, 0.717) is 29.9 Å². The number of alkyl halides is 3. The highest BCUT2D eigenvalue weighted by molar-refractivity contribution is 5.32. The summed E-state index contributed by atoms with van der Waals surface area (Å²) in [6.45, 7) is 3.60. The standard InChI is InChI=1S/C11H13F3N2/c1-6(2)10-15-8-5-3-4-7(8)9(16-10)11(12,13)14/h6H,3-5H2,1-2H3. The van der Waals surface area contributed by atoms with Crippen LogP contribution in [0.15, 0.2) is 0 Å². The van der Waals surface area contributed by atoms with E-state index in [0.717, 1.165) is 6.42 Å². The van der Waals surface area contributed by atoms with Gasteiger partial charge in [-0.15, -0.1) is 0 Å². The van der Waals surface area contributed by atoms with Crippen LogP contribution in [0.3, 0.4) is 0 Å². The monoisotopic (exact) mass is 230 g/mol. The van der Waals surface area contributed by atoms with Gasteiger partial charge < -0.3 is 0 Å². The zero-order chi connectivity index (χ0) is 11.9. The maximum absolute atomic E-state index is 12.8. The van der Waals surface area contributed by atoms with Crippen molar-refractivity contribution in [3.63, 3.8) is 0 Å². The Hall–Kier alpha value is -1.13. The Morgan fingerprint density at radius 2 is 1.81 bits per heavy atom. The molecular weight excluding hydrogens is 217 g/mol. The average molecular weight is 230 g/mol. The van der Waals surface area contributed by atoms with Crippen LogP contribution in [0.1, 0.15) is 49.0 Å². The van der Waals surface area contributed by atoms with Gasteiger partial charge >= 0.3 is 6.18 Å². The summed E-state index contributed by atoms with van der Waals surface area (Å²) in [5.74, 6) is 0.222. The smallest absolute Gasteiger partial charge is 0.237 e. The van der Waals surface area contributed by atoms with E-state index in [1.807, 2.05) is 0 Å². The molecule has 0 N–H and O–H groups in total. The van der Waals surface area contributed by atoms with Gasteiger partial charge in [-0.3, -0.25) is 0 Å². The predicted octanol–water partition coefficient (Wildman–Crippen LogP) is 3.11. The molecule has 0 atom stereocenters. The van der Waals surface area contributed by atoms with Crippen molar-refractivity contribution < 1.29 is 13.2 Å². The molecule has 0 amide bonds. The van der Waals surface area contributed by atoms with Gasteiger partial charge in [0.15, 0.2) is 5.69 Å². The van der Waals surface area contributed by atoms with Crippen LogP contribution in [-0.4, -0.2) is 9.97 Å². The van der Waals surface area contributed by atoms with E-state index in [-0.39, 0.29) is 5.92 Å². The fraction of sp³-hybridized carbons (Fsp3) is 0.636. The van der Waals surface area contributed by atoms with Crippen molar-refractivity contribution in [1.29, 1.82) is 0 Å². The number of hydrogen-bond donors (Lipinski definition) is 0. The van der Waals surface area contributed by atoms with Crippen LogP contribution in [0.2, 0.25) is 0 Å². The molecule has 0 saturated carbocycles. The second-order valence-corrected chi connectivity index (χ2v) is 4.36. The molecule has 0 bridgehead atoms. The second-order valence-electron chi connectivity index (χ2n) is 4.36. The molecule has 0 unspecified atom stereocenters. The summed E-state index contributed by atoms with van der Waals surface area (Å²) in [4.78, 5) is 7.89. The van der Waals surface area contributed by atoms with E-state index in [1.165, 1.54) is 0 Å². The zero-order valence-corrected chi connectivity index (χ0v) is 9.23. The van der Waals surface area contributed by atoms with Gasteiger partial charge in [-0.2, -0.15) is 13.2 Å². The zero-order valence-electron chi connectivity index (χ0n) is 9.23. The highest BCUT2D eigenvalue weighted by Gasteiger charge is 2.38. The van der Waals surface area contributed by atoms with Crippen molar-refractivity contribution >= 4 is 0 Å². The number of rotatable bonds is 1. The van der Waals surface area contributed by atoms with E-state index in [2.05, 4.69) is 9.97 Å². The molecule has 16 heavy (non-hydrogen) atoms. The molecule has 0 aromatic carbocycles. The maximum Gasteiger partial charge on any atom is 0.433 e. The molecule has 1 aromatic heterocycles. The third-order valence-corrected chi connectivity index (χ3v) is 2.74. The first kappa shape index (κ1) is 11.4. The highest BCUT2D eigenvalue weighted by Crippen LogP contribution is 2.35. The quantitative estimate of drug-likeness (QED) is 0.740. The molecule has 2 rings (SSSR count). The Morgan fingerprint density at radius 3 is 2.38 bits per heavy atom. The number of hydrogen-bond acceptors (Lipinski definition) is 2. The Balaban J connectivity index is 2.58. The molecule has 5 heteroatoms.